The lowest BCUT2D eigenvalue weighted by atomic mass is 10.00. The van der Waals surface area contributed by atoms with Crippen LogP contribution in [0.3, 0.4) is 0 Å². The predicted molar refractivity (Wildman–Crippen MR) is 240 cm³/mol. The molecule has 0 bridgehead atoms. The minimum atomic E-state index is -4.86. The van der Waals surface area contributed by atoms with Crippen LogP contribution in [-0.2, 0) is 17.4 Å². The number of hydrogen-bond acceptors (Lipinski definition) is 8. The molecule has 65 heavy (non-hydrogen) atoms. The highest BCUT2D eigenvalue weighted by Gasteiger charge is 2.51. The van der Waals surface area contributed by atoms with Gasteiger partial charge in [-0.25, -0.2) is 13.9 Å². The number of H-pyrrole nitrogens is 1. The number of carbonyl (C=O) groups excluding carboxylic acids is 3. The third kappa shape index (κ3) is 9.98. The summed E-state index contributed by atoms with van der Waals surface area (Å²) in [5.41, 5.74) is -2.36. The first kappa shape index (κ1) is 46.6. The topological polar surface area (TPSA) is 134 Å². The number of rotatable bonds is 15. The number of benzene rings is 4. The Balaban J connectivity index is 0.824. The Morgan fingerprint density at radius 3 is 2.18 bits per heavy atom. The van der Waals surface area contributed by atoms with Crippen molar-refractivity contribution in [1.82, 2.24) is 20.0 Å². The summed E-state index contributed by atoms with van der Waals surface area (Å²) in [6, 6.07) is 19.8. The number of carbonyl (C=O) groups is 3. The summed E-state index contributed by atoms with van der Waals surface area (Å²) in [5, 5.41) is 16.9. The van der Waals surface area contributed by atoms with Crippen molar-refractivity contribution in [2.24, 2.45) is 0 Å². The van der Waals surface area contributed by atoms with Gasteiger partial charge in [0.1, 0.15) is 17.2 Å². The number of nitrogens with one attached hydrogen (secondary N) is 1. The summed E-state index contributed by atoms with van der Waals surface area (Å²) in [6.07, 6.45) is 0.722. The fourth-order valence-corrected chi connectivity index (χ4v) is 9.00. The smallest absolute Gasteiger partial charge is 0.336 e. The molecule has 2 fully saturated rings. The van der Waals surface area contributed by atoms with Crippen LogP contribution < -0.4 is 15.4 Å². The van der Waals surface area contributed by atoms with E-state index in [4.69, 9.17) is 12.2 Å². The number of aromatic nitrogens is 2. The van der Waals surface area contributed by atoms with Crippen LogP contribution in [0.4, 0.5) is 33.3 Å². The van der Waals surface area contributed by atoms with Crippen LogP contribution in [0.5, 0.6) is 0 Å². The second-order valence-corrected chi connectivity index (χ2v) is 17.2. The molecule has 0 atom stereocenters. The number of unbranched alkanes of at least 4 members (excludes halogenated alkanes) is 5. The molecule has 1 aromatic heterocycles. The molecular weight excluding hydrogens is 866 g/mol. The molecule has 0 aliphatic carbocycles. The van der Waals surface area contributed by atoms with Crippen molar-refractivity contribution in [2.45, 2.75) is 76.9 Å². The van der Waals surface area contributed by atoms with Crippen molar-refractivity contribution in [3.63, 3.8) is 0 Å². The molecule has 338 valence electrons. The number of nitriles is 1. The average Bonchev–Trinajstić information content (AvgIpc) is 3.46. The van der Waals surface area contributed by atoms with Crippen molar-refractivity contribution in [1.29, 1.82) is 5.26 Å². The van der Waals surface area contributed by atoms with Gasteiger partial charge in [0.25, 0.3) is 17.4 Å². The lowest BCUT2D eigenvalue weighted by molar-refractivity contribution is -0.137. The molecule has 2 aliphatic rings. The fraction of sp³-hybridized carbons (Fsp3) is 0.354. The molecule has 3 heterocycles. The third-order valence-electron chi connectivity index (χ3n) is 12.1. The Bertz CT molecular complexity index is 2760. The Labute approximate surface area is 377 Å². The summed E-state index contributed by atoms with van der Waals surface area (Å²) < 4.78 is 71.6. The van der Waals surface area contributed by atoms with E-state index in [0.29, 0.717) is 67.1 Å². The van der Waals surface area contributed by atoms with E-state index in [1.165, 1.54) is 49.1 Å². The molecule has 2 aliphatic heterocycles. The van der Waals surface area contributed by atoms with Crippen LogP contribution in [0.2, 0.25) is 0 Å². The number of amides is 2. The van der Waals surface area contributed by atoms with E-state index in [2.05, 4.69) is 15.1 Å². The van der Waals surface area contributed by atoms with Crippen LogP contribution in [0, 0.1) is 23.0 Å². The molecule has 0 radical (unpaired) electrons. The highest BCUT2D eigenvalue weighted by molar-refractivity contribution is 7.81. The quantitative estimate of drug-likeness (QED) is 0.0473. The summed E-state index contributed by atoms with van der Waals surface area (Å²) in [5.74, 6) is -2.80. The zero-order valence-electron chi connectivity index (χ0n) is 35.8. The molecule has 1 N–H and O–H groups in total. The van der Waals surface area contributed by atoms with Gasteiger partial charge in [-0.05, 0) is 106 Å². The normalized spacial score (nSPS) is 15.5. The molecule has 2 amide bonds. The maximum Gasteiger partial charge on any atom is 0.417 e. The first-order valence-corrected chi connectivity index (χ1v) is 21.8. The lowest BCUT2D eigenvalue weighted by Gasteiger charge is -2.35. The number of halogens is 5. The summed E-state index contributed by atoms with van der Waals surface area (Å²) in [7, 11) is 0. The first-order chi connectivity index (χ1) is 31.0. The van der Waals surface area contributed by atoms with Gasteiger partial charge in [-0.2, -0.15) is 23.5 Å². The highest BCUT2D eigenvalue weighted by Crippen LogP contribution is 2.40. The van der Waals surface area contributed by atoms with Gasteiger partial charge in [0.05, 0.1) is 45.1 Å². The molecule has 7 rings (SSSR count). The fourth-order valence-electron chi connectivity index (χ4n) is 8.48. The van der Waals surface area contributed by atoms with E-state index in [1.54, 1.807) is 29.2 Å². The number of fused-ring (bicyclic) bond motifs is 1. The lowest BCUT2D eigenvalue weighted by Crippen LogP contribution is -2.49. The monoisotopic (exact) mass is 911 g/mol. The van der Waals surface area contributed by atoms with Crippen molar-refractivity contribution in [3.8, 4) is 6.07 Å². The zero-order valence-corrected chi connectivity index (χ0v) is 36.6. The Kier molecular flexibility index (Phi) is 13.9. The van der Waals surface area contributed by atoms with E-state index < -0.39 is 40.4 Å². The van der Waals surface area contributed by atoms with E-state index in [9.17, 15) is 42.0 Å². The van der Waals surface area contributed by atoms with Crippen molar-refractivity contribution < 1.29 is 36.3 Å². The Morgan fingerprint density at radius 2 is 1.49 bits per heavy atom. The number of piperazine rings is 1. The summed E-state index contributed by atoms with van der Waals surface area (Å²) >= 11 is 5.54. The Morgan fingerprint density at radius 1 is 0.815 bits per heavy atom. The van der Waals surface area contributed by atoms with Gasteiger partial charge in [0.2, 0.25) is 0 Å². The number of alkyl halides is 3. The van der Waals surface area contributed by atoms with Crippen molar-refractivity contribution in [2.75, 3.05) is 42.5 Å². The average molecular weight is 912 g/mol. The van der Waals surface area contributed by atoms with Crippen LogP contribution in [0.25, 0.3) is 10.8 Å². The van der Waals surface area contributed by atoms with Gasteiger partial charge in [-0.1, -0.05) is 49.9 Å². The van der Waals surface area contributed by atoms with Gasteiger partial charge in [0.15, 0.2) is 10.9 Å². The molecule has 0 unspecified atom stereocenters. The molecule has 4 aromatic carbocycles. The van der Waals surface area contributed by atoms with E-state index in [1.807, 2.05) is 12.1 Å². The number of Topliss-reactive ketones (excluding diaryl/α,β-unsaturated/α-hetero) is 1. The maximum absolute atomic E-state index is 15.5. The van der Waals surface area contributed by atoms with Crippen LogP contribution in [0.1, 0.15) is 102 Å². The standard InChI is InChI=1S/C48H46F5N7O4S/c1-47(2)45(64)59(32-16-15-31(29-54)38(27-32)48(51,52)53)46(65)60(47)33-17-18-36(40(50)28-33)42(61)13-7-5-3-4-6-10-20-57-21-23-58(24-22-57)44(63)37-25-30(14-19-39(37)49)26-41-34-11-8-9-12-35(34)43(62)56-55-41/h8-9,11-12,14-19,25,27-28H,3-7,10,13,20-24,26H2,1-2H3,(H,56,62). The molecule has 11 nitrogen and oxygen atoms in total. The van der Waals surface area contributed by atoms with Gasteiger partial charge in [-0.3, -0.25) is 29.0 Å². The number of aromatic amines is 1. The van der Waals surface area contributed by atoms with Crippen LogP contribution >= 0.6 is 12.2 Å². The van der Waals surface area contributed by atoms with Gasteiger partial charge >= 0.3 is 6.18 Å². The number of thiocarbonyl (C=S) groups is 1. The number of nitrogens with zero attached hydrogens (tertiary/aromatic N) is 6. The molecule has 0 spiro atoms. The van der Waals surface area contributed by atoms with Gasteiger partial charge in [-0.15, -0.1) is 0 Å². The van der Waals surface area contributed by atoms with Crippen LogP contribution in [0.15, 0.2) is 83.7 Å². The third-order valence-corrected chi connectivity index (χ3v) is 12.4. The molecule has 2 saturated heterocycles. The number of anilines is 2. The Hall–Kier alpha value is -6.38. The maximum atomic E-state index is 15.5. The van der Waals surface area contributed by atoms with Gasteiger partial charge < -0.3 is 9.80 Å². The minimum Gasteiger partial charge on any atom is -0.336 e. The summed E-state index contributed by atoms with van der Waals surface area (Å²) in [6.45, 7) is 6.16. The number of hydrogen-bond donors (Lipinski definition) is 1. The van der Waals surface area contributed by atoms with Crippen molar-refractivity contribution >= 4 is 57.1 Å². The summed E-state index contributed by atoms with van der Waals surface area (Å²) in [4.78, 5) is 58.4. The second-order valence-electron chi connectivity index (χ2n) is 16.8. The van der Waals surface area contributed by atoms with E-state index >= 15 is 4.39 Å². The zero-order chi connectivity index (χ0) is 46.6. The molecule has 0 saturated carbocycles. The predicted octanol–water partition coefficient (Wildman–Crippen LogP) is 8.97. The molecular formula is C48H46F5N7O4S. The van der Waals surface area contributed by atoms with E-state index in [-0.39, 0.29) is 51.3 Å². The minimum absolute atomic E-state index is 0.00676. The molecule has 17 heteroatoms. The van der Waals surface area contributed by atoms with Gasteiger partial charge in [0, 0.05) is 50.1 Å². The van der Waals surface area contributed by atoms with Crippen molar-refractivity contribution in [3.05, 3.63) is 134 Å². The number of ketones is 1. The van der Waals surface area contributed by atoms with Crippen LogP contribution in [-0.4, -0.2) is 81.0 Å². The molecule has 5 aromatic rings. The highest BCUT2D eigenvalue weighted by atomic mass is 32.1. The SMILES string of the molecule is CC1(C)C(=O)N(c2ccc(C#N)c(C(F)(F)F)c2)C(=S)N1c1ccc(C(=O)CCCCCCCCN2CCN(C(=O)c3cc(Cc4n[nH]c(=O)c5ccccc45)ccc3F)CC2)c(F)c1. The largest absolute Gasteiger partial charge is 0.417 e. The second kappa shape index (κ2) is 19.4. The van der Waals surface area contributed by atoms with E-state index in [0.717, 1.165) is 55.7 Å². The first-order valence-electron chi connectivity index (χ1n) is 21.4.